The van der Waals surface area contributed by atoms with Crippen LogP contribution >= 0.6 is 22.7 Å². The van der Waals surface area contributed by atoms with Crippen LogP contribution in [0.25, 0.3) is 9.88 Å². The molecule has 0 aliphatic heterocycles. The van der Waals surface area contributed by atoms with Crippen LogP contribution in [0.1, 0.15) is 23.3 Å². The van der Waals surface area contributed by atoms with E-state index in [9.17, 15) is 4.79 Å². The van der Waals surface area contributed by atoms with Crippen LogP contribution in [0.2, 0.25) is 0 Å². The zero-order valence-corrected chi connectivity index (χ0v) is 15.4. The minimum Gasteiger partial charge on any atom is -0.481 e. The van der Waals surface area contributed by atoms with Gasteiger partial charge in [-0.1, -0.05) is 36.4 Å². The number of nitrogens with zero attached hydrogens (tertiary/aromatic N) is 1. The van der Waals surface area contributed by atoms with Crippen LogP contribution in [0.4, 0.5) is 0 Å². The van der Waals surface area contributed by atoms with Crippen molar-refractivity contribution in [2.45, 2.75) is 31.8 Å². The number of thiazole rings is 1. The fourth-order valence-corrected chi connectivity index (χ4v) is 4.29. The molecule has 0 fully saturated rings. The van der Waals surface area contributed by atoms with Crippen molar-refractivity contribution in [3.63, 3.8) is 0 Å². The number of nitrogens with one attached hydrogen (secondary N) is 1. The SMILES string of the molecule is O=C(O)CCC(Cc1ccccc1)NCc1cnc(-c2cccs2)s1. The highest BCUT2D eigenvalue weighted by atomic mass is 32.1. The lowest BCUT2D eigenvalue weighted by molar-refractivity contribution is -0.137. The molecular weight excluding hydrogens is 352 g/mol. The van der Waals surface area contributed by atoms with E-state index in [-0.39, 0.29) is 12.5 Å². The van der Waals surface area contributed by atoms with Crippen molar-refractivity contribution >= 4 is 28.6 Å². The predicted molar refractivity (Wildman–Crippen MR) is 103 cm³/mol. The minimum absolute atomic E-state index is 0.130. The summed E-state index contributed by atoms with van der Waals surface area (Å²) in [6, 6.07) is 14.4. The van der Waals surface area contributed by atoms with E-state index in [2.05, 4.69) is 33.9 Å². The monoisotopic (exact) mass is 372 g/mol. The summed E-state index contributed by atoms with van der Waals surface area (Å²) in [5.41, 5.74) is 1.22. The van der Waals surface area contributed by atoms with E-state index in [0.29, 0.717) is 13.0 Å². The van der Waals surface area contributed by atoms with Crippen LogP contribution in [0.3, 0.4) is 0 Å². The van der Waals surface area contributed by atoms with Gasteiger partial charge in [0.05, 0.1) is 4.88 Å². The van der Waals surface area contributed by atoms with Crippen molar-refractivity contribution < 1.29 is 9.90 Å². The zero-order valence-electron chi connectivity index (χ0n) is 13.7. The molecule has 6 heteroatoms. The lowest BCUT2D eigenvalue weighted by atomic mass is 10.0. The number of aromatic nitrogens is 1. The highest BCUT2D eigenvalue weighted by molar-refractivity contribution is 7.20. The Hall–Kier alpha value is -2.02. The van der Waals surface area contributed by atoms with Gasteiger partial charge in [0.25, 0.3) is 0 Å². The molecular formula is C19H20N2O2S2. The molecule has 3 rings (SSSR count). The van der Waals surface area contributed by atoms with E-state index in [4.69, 9.17) is 5.11 Å². The number of carbonyl (C=O) groups is 1. The Morgan fingerprint density at radius 2 is 2.04 bits per heavy atom. The Bertz CT molecular complexity index is 785. The lowest BCUT2D eigenvalue weighted by Gasteiger charge is -2.17. The fourth-order valence-electron chi connectivity index (χ4n) is 2.62. The standard InChI is InChI=1S/C19H20N2O2S2/c22-18(23)9-8-15(11-14-5-2-1-3-6-14)20-12-16-13-21-19(25-16)17-7-4-10-24-17/h1-7,10,13,15,20H,8-9,11-12H2,(H,22,23). The van der Waals surface area contributed by atoms with E-state index in [1.807, 2.05) is 30.5 Å². The molecule has 0 amide bonds. The number of rotatable bonds is 9. The summed E-state index contributed by atoms with van der Waals surface area (Å²) in [5.74, 6) is -0.752. The van der Waals surface area contributed by atoms with E-state index in [1.165, 1.54) is 10.4 Å². The van der Waals surface area contributed by atoms with Gasteiger partial charge in [-0.2, -0.15) is 0 Å². The number of carboxylic acid groups (broad SMARTS) is 1. The highest BCUT2D eigenvalue weighted by Crippen LogP contribution is 2.28. The maximum Gasteiger partial charge on any atom is 0.303 e. The van der Waals surface area contributed by atoms with Gasteiger partial charge in [0, 0.05) is 30.1 Å². The quantitative estimate of drug-likeness (QED) is 0.583. The van der Waals surface area contributed by atoms with E-state index < -0.39 is 5.97 Å². The van der Waals surface area contributed by atoms with Gasteiger partial charge in [-0.15, -0.1) is 22.7 Å². The van der Waals surface area contributed by atoms with Gasteiger partial charge in [-0.3, -0.25) is 4.79 Å². The Morgan fingerprint density at radius 1 is 1.20 bits per heavy atom. The second-order valence-electron chi connectivity index (χ2n) is 5.81. The van der Waals surface area contributed by atoms with Crippen molar-refractivity contribution in [2.75, 3.05) is 0 Å². The first kappa shape index (κ1) is 17.8. The maximum absolute atomic E-state index is 10.9. The first-order valence-electron chi connectivity index (χ1n) is 8.18. The van der Waals surface area contributed by atoms with Crippen LogP contribution in [-0.2, 0) is 17.8 Å². The third-order valence-electron chi connectivity index (χ3n) is 3.88. The normalized spacial score (nSPS) is 12.2. The molecule has 0 saturated heterocycles. The molecule has 130 valence electrons. The molecule has 0 aliphatic rings. The number of hydrogen-bond donors (Lipinski definition) is 2. The maximum atomic E-state index is 10.9. The van der Waals surface area contributed by atoms with E-state index in [0.717, 1.165) is 16.3 Å². The summed E-state index contributed by atoms with van der Waals surface area (Å²) in [6.07, 6.45) is 3.52. The molecule has 1 atom stereocenters. The summed E-state index contributed by atoms with van der Waals surface area (Å²) in [6.45, 7) is 0.708. The summed E-state index contributed by atoms with van der Waals surface area (Å²) < 4.78 is 0. The predicted octanol–water partition coefficient (Wildman–Crippen LogP) is 4.44. The molecule has 0 spiro atoms. The summed E-state index contributed by atoms with van der Waals surface area (Å²) in [5, 5.41) is 15.6. The third kappa shape index (κ3) is 5.49. The van der Waals surface area contributed by atoms with Crippen LogP contribution in [-0.4, -0.2) is 22.1 Å². The molecule has 2 heterocycles. The number of thiophene rings is 1. The van der Waals surface area contributed by atoms with Gasteiger partial charge in [0.2, 0.25) is 0 Å². The second-order valence-corrected chi connectivity index (χ2v) is 7.87. The number of benzene rings is 1. The molecule has 4 nitrogen and oxygen atoms in total. The van der Waals surface area contributed by atoms with Gasteiger partial charge in [0.15, 0.2) is 0 Å². The Labute approximate surface area is 155 Å². The van der Waals surface area contributed by atoms with Crippen molar-refractivity contribution in [2.24, 2.45) is 0 Å². The van der Waals surface area contributed by atoms with Crippen molar-refractivity contribution in [3.8, 4) is 9.88 Å². The summed E-state index contributed by atoms with van der Waals surface area (Å²) in [4.78, 5) is 17.8. The number of hydrogen-bond acceptors (Lipinski definition) is 5. The Balaban J connectivity index is 1.60. The van der Waals surface area contributed by atoms with Gasteiger partial charge in [0.1, 0.15) is 5.01 Å². The van der Waals surface area contributed by atoms with Crippen LogP contribution in [0, 0.1) is 0 Å². The van der Waals surface area contributed by atoms with Gasteiger partial charge in [-0.05, 0) is 29.9 Å². The molecule has 0 bridgehead atoms. The molecule has 0 saturated carbocycles. The molecule has 0 radical (unpaired) electrons. The van der Waals surface area contributed by atoms with Crippen molar-refractivity contribution in [1.29, 1.82) is 0 Å². The number of carboxylic acids is 1. The van der Waals surface area contributed by atoms with Crippen molar-refractivity contribution in [1.82, 2.24) is 10.3 Å². The molecule has 1 aromatic carbocycles. The van der Waals surface area contributed by atoms with Gasteiger partial charge < -0.3 is 10.4 Å². The minimum atomic E-state index is -0.752. The number of aliphatic carboxylic acids is 1. The lowest BCUT2D eigenvalue weighted by Crippen LogP contribution is -2.31. The van der Waals surface area contributed by atoms with Crippen LogP contribution in [0.5, 0.6) is 0 Å². The fraction of sp³-hybridized carbons (Fsp3) is 0.263. The highest BCUT2D eigenvalue weighted by Gasteiger charge is 2.13. The average molecular weight is 373 g/mol. The average Bonchev–Trinajstić information content (AvgIpc) is 3.29. The molecule has 1 unspecified atom stereocenters. The molecule has 3 aromatic rings. The molecule has 2 aromatic heterocycles. The zero-order chi connectivity index (χ0) is 17.5. The van der Waals surface area contributed by atoms with Crippen LogP contribution in [0.15, 0.2) is 54.0 Å². The topological polar surface area (TPSA) is 62.2 Å². The summed E-state index contributed by atoms with van der Waals surface area (Å²) >= 11 is 3.37. The van der Waals surface area contributed by atoms with Gasteiger partial charge in [-0.25, -0.2) is 4.98 Å². The Kier molecular flexibility index (Phi) is 6.33. The largest absolute Gasteiger partial charge is 0.481 e. The Morgan fingerprint density at radius 3 is 2.76 bits per heavy atom. The van der Waals surface area contributed by atoms with E-state index >= 15 is 0 Å². The van der Waals surface area contributed by atoms with Crippen LogP contribution < -0.4 is 5.32 Å². The summed E-state index contributed by atoms with van der Waals surface area (Å²) in [7, 11) is 0. The smallest absolute Gasteiger partial charge is 0.303 e. The third-order valence-corrected chi connectivity index (χ3v) is 5.92. The molecule has 2 N–H and O–H groups in total. The second kappa shape index (κ2) is 8.89. The first-order chi connectivity index (χ1) is 12.2. The van der Waals surface area contributed by atoms with Crippen molar-refractivity contribution in [3.05, 3.63) is 64.5 Å². The molecule has 25 heavy (non-hydrogen) atoms. The van der Waals surface area contributed by atoms with E-state index in [1.54, 1.807) is 22.7 Å². The molecule has 0 aliphatic carbocycles. The van der Waals surface area contributed by atoms with Gasteiger partial charge >= 0.3 is 5.97 Å². The first-order valence-corrected chi connectivity index (χ1v) is 9.88.